The van der Waals surface area contributed by atoms with Crippen LogP contribution in [0.3, 0.4) is 0 Å². The first-order chi connectivity index (χ1) is 12.9. The number of rotatable bonds is 5. The van der Waals surface area contributed by atoms with Crippen LogP contribution >= 0.6 is 11.6 Å². The van der Waals surface area contributed by atoms with Crippen LogP contribution in [0.5, 0.6) is 11.5 Å². The number of amides is 1. The Bertz CT molecular complexity index is 916. The number of hydrogen-bond donors (Lipinski definition) is 1. The lowest BCUT2D eigenvalue weighted by molar-refractivity contribution is -0.384. The van der Waals surface area contributed by atoms with Crippen molar-refractivity contribution in [2.45, 2.75) is 0 Å². The maximum Gasteiger partial charge on any atom is 0.338 e. The summed E-state index contributed by atoms with van der Waals surface area (Å²) in [7, 11) is 0. The zero-order chi connectivity index (χ0) is 19.4. The number of nitrogens with zero attached hydrogens (tertiary/aromatic N) is 1. The summed E-state index contributed by atoms with van der Waals surface area (Å²) in [6.45, 7) is 0.302. The molecule has 3 rings (SSSR count). The number of esters is 1. The van der Waals surface area contributed by atoms with Crippen LogP contribution in [-0.2, 0) is 9.53 Å². The molecule has 27 heavy (non-hydrogen) atoms. The van der Waals surface area contributed by atoms with Gasteiger partial charge < -0.3 is 19.5 Å². The molecule has 0 saturated heterocycles. The lowest BCUT2D eigenvalue weighted by atomic mass is 10.2. The van der Waals surface area contributed by atoms with Gasteiger partial charge in [0.2, 0.25) is 0 Å². The van der Waals surface area contributed by atoms with Crippen LogP contribution in [0.1, 0.15) is 10.4 Å². The first-order valence-electron chi connectivity index (χ1n) is 7.74. The smallest absolute Gasteiger partial charge is 0.338 e. The molecule has 0 atom stereocenters. The largest absolute Gasteiger partial charge is 0.486 e. The average molecular weight is 393 g/mol. The predicted octanol–water partition coefficient (Wildman–Crippen LogP) is 2.81. The molecule has 1 amide bonds. The number of carbonyl (C=O) groups excluding carboxylic acids is 2. The second-order valence-electron chi connectivity index (χ2n) is 5.41. The van der Waals surface area contributed by atoms with E-state index in [0.29, 0.717) is 30.4 Å². The number of nitro benzene ring substituents is 1. The second-order valence-corrected chi connectivity index (χ2v) is 5.81. The van der Waals surface area contributed by atoms with Crippen molar-refractivity contribution in [3.8, 4) is 11.5 Å². The van der Waals surface area contributed by atoms with E-state index in [2.05, 4.69) is 5.32 Å². The lowest BCUT2D eigenvalue weighted by Gasteiger charge is -2.19. The molecular formula is C17H13ClN2O7. The van der Waals surface area contributed by atoms with Crippen LogP contribution in [-0.4, -0.2) is 36.6 Å². The minimum absolute atomic E-state index is 0.0850. The number of carbonyl (C=O) groups is 2. The van der Waals surface area contributed by atoms with Gasteiger partial charge in [-0.15, -0.1) is 0 Å². The van der Waals surface area contributed by atoms with Gasteiger partial charge in [-0.25, -0.2) is 4.79 Å². The number of anilines is 1. The zero-order valence-electron chi connectivity index (χ0n) is 13.8. The maximum absolute atomic E-state index is 12.0. The lowest BCUT2D eigenvalue weighted by Crippen LogP contribution is -2.21. The normalized spacial score (nSPS) is 12.2. The van der Waals surface area contributed by atoms with E-state index >= 15 is 0 Å². The summed E-state index contributed by atoms with van der Waals surface area (Å²) in [5, 5.41) is 13.3. The van der Waals surface area contributed by atoms with E-state index in [1.807, 2.05) is 0 Å². The molecule has 0 radical (unpaired) electrons. The molecule has 1 heterocycles. The van der Waals surface area contributed by atoms with Crippen molar-refractivity contribution in [3.63, 3.8) is 0 Å². The van der Waals surface area contributed by atoms with E-state index < -0.39 is 29.1 Å². The van der Waals surface area contributed by atoms with Gasteiger partial charge in [0.05, 0.1) is 10.5 Å². The van der Waals surface area contributed by atoms with Crippen molar-refractivity contribution in [1.29, 1.82) is 0 Å². The van der Waals surface area contributed by atoms with E-state index in [1.165, 1.54) is 12.1 Å². The molecule has 0 spiro atoms. The third-order valence-electron chi connectivity index (χ3n) is 3.54. The molecule has 1 N–H and O–H groups in total. The third kappa shape index (κ3) is 4.45. The Kier molecular flexibility index (Phi) is 5.41. The number of nitro groups is 1. The Morgan fingerprint density at radius 2 is 1.89 bits per heavy atom. The molecule has 0 aliphatic carbocycles. The van der Waals surface area contributed by atoms with Crippen molar-refractivity contribution in [2.75, 3.05) is 25.1 Å². The fourth-order valence-corrected chi connectivity index (χ4v) is 2.50. The van der Waals surface area contributed by atoms with Crippen LogP contribution in [0.25, 0.3) is 0 Å². The van der Waals surface area contributed by atoms with Crippen molar-refractivity contribution < 1.29 is 28.7 Å². The monoisotopic (exact) mass is 392 g/mol. The fourth-order valence-electron chi connectivity index (χ4n) is 2.31. The molecule has 2 aromatic rings. The van der Waals surface area contributed by atoms with E-state index in [9.17, 15) is 19.7 Å². The molecule has 2 aromatic carbocycles. The topological polar surface area (TPSA) is 117 Å². The summed E-state index contributed by atoms with van der Waals surface area (Å²) in [5.41, 5.74) is -0.0625. The zero-order valence-corrected chi connectivity index (χ0v) is 14.5. The number of benzene rings is 2. The van der Waals surface area contributed by atoms with Gasteiger partial charge in [0.15, 0.2) is 18.1 Å². The van der Waals surface area contributed by atoms with Crippen molar-refractivity contribution >= 4 is 34.9 Å². The van der Waals surface area contributed by atoms with Crippen LogP contribution in [0.15, 0.2) is 36.4 Å². The Hall–Kier alpha value is -3.33. The van der Waals surface area contributed by atoms with Crippen molar-refractivity contribution in [1.82, 2.24) is 0 Å². The first kappa shape index (κ1) is 18.5. The highest BCUT2D eigenvalue weighted by Gasteiger charge is 2.18. The second kappa shape index (κ2) is 7.92. The Morgan fingerprint density at radius 3 is 2.63 bits per heavy atom. The quantitative estimate of drug-likeness (QED) is 0.472. The van der Waals surface area contributed by atoms with Gasteiger partial charge in [-0.2, -0.15) is 0 Å². The third-order valence-corrected chi connectivity index (χ3v) is 3.86. The highest BCUT2D eigenvalue weighted by atomic mass is 35.5. The Balaban J connectivity index is 1.58. The first-order valence-corrected chi connectivity index (χ1v) is 8.12. The minimum atomic E-state index is -0.882. The molecule has 9 nitrogen and oxygen atoms in total. The van der Waals surface area contributed by atoms with E-state index in [-0.39, 0.29) is 10.6 Å². The molecule has 0 aromatic heterocycles. The molecule has 0 unspecified atom stereocenters. The van der Waals surface area contributed by atoms with E-state index in [4.69, 9.17) is 25.8 Å². The fraction of sp³-hybridized carbons (Fsp3) is 0.176. The van der Waals surface area contributed by atoms with Gasteiger partial charge in [-0.1, -0.05) is 11.6 Å². The van der Waals surface area contributed by atoms with Gasteiger partial charge >= 0.3 is 5.97 Å². The number of ether oxygens (including phenoxy) is 3. The van der Waals surface area contributed by atoms with Crippen LogP contribution in [0.2, 0.25) is 5.02 Å². The standard InChI is InChI=1S/C17H13ClN2O7/c18-12-3-1-10(7-13(12)20(23)24)17(22)27-9-16(21)19-11-2-4-14-15(8-11)26-6-5-25-14/h1-4,7-8H,5-6,9H2,(H,19,21). The summed E-state index contributed by atoms with van der Waals surface area (Å²) < 4.78 is 15.7. The highest BCUT2D eigenvalue weighted by Crippen LogP contribution is 2.32. The van der Waals surface area contributed by atoms with Crippen LogP contribution in [0.4, 0.5) is 11.4 Å². The number of fused-ring (bicyclic) bond motifs is 1. The van der Waals surface area contributed by atoms with Crippen molar-refractivity contribution in [3.05, 3.63) is 57.1 Å². The molecule has 140 valence electrons. The number of halogens is 1. The molecule has 0 fully saturated rings. The summed E-state index contributed by atoms with van der Waals surface area (Å²) in [5.74, 6) is -0.380. The number of nitrogens with one attached hydrogen (secondary N) is 1. The van der Waals surface area contributed by atoms with Gasteiger partial charge in [-0.05, 0) is 24.3 Å². The van der Waals surface area contributed by atoms with E-state index in [1.54, 1.807) is 18.2 Å². The van der Waals surface area contributed by atoms with Gasteiger partial charge in [0.25, 0.3) is 11.6 Å². The summed E-state index contributed by atoms with van der Waals surface area (Å²) >= 11 is 5.69. The van der Waals surface area contributed by atoms with Gasteiger partial charge in [0.1, 0.15) is 18.2 Å². The predicted molar refractivity (Wildman–Crippen MR) is 94.5 cm³/mol. The molecule has 10 heteroatoms. The minimum Gasteiger partial charge on any atom is -0.486 e. The summed E-state index contributed by atoms with van der Waals surface area (Å²) in [6.07, 6.45) is 0. The van der Waals surface area contributed by atoms with Crippen molar-refractivity contribution in [2.24, 2.45) is 0 Å². The van der Waals surface area contributed by atoms with Crippen LogP contribution < -0.4 is 14.8 Å². The molecule has 1 aliphatic rings. The Labute approximate surface area is 157 Å². The molecule has 1 aliphatic heterocycles. The van der Waals surface area contributed by atoms with Gasteiger partial charge in [-0.3, -0.25) is 14.9 Å². The van der Waals surface area contributed by atoms with Crippen LogP contribution in [0, 0.1) is 10.1 Å². The SMILES string of the molecule is O=C(COC(=O)c1ccc(Cl)c([N+](=O)[O-])c1)Nc1ccc2c(c1)OCCO2. The average Bonchev–Trinajstić information content (AvgIpc) is 2.66. The summed E-state index contributed by atoms with van der Waals surface area (Å²) in [4.78, 5) is 34.1. The van der Waals surface area contributed by atoms with E-state index in [0.717, 1.165) is 6.07 Å². The molecule has 0 bridgehead atoms. The Morgan fingerprint density at radius 1 is 1.15 bits per heavy atom. The highest BCUT2D eigenvalue weighted by molar-refractivity contribution is 6.32. The number of hydrogen-bond acceptors (Lipinski definition) is 7. The van der Waals surface area contributed by atoms with Gasteiger partial charge in [0, 0.05) is 17.8 Å². The summed E-state index contributed by atoms with van der Waals surface area (Å²) in [6, 6.07) is 8.35. The molecule has 0 saturated carbocycles. The molecular weight excluding hydrogens is 380 g/mol. The maximum atomic E-state index is 12.0.